The second-order valence-corrected chi connectivity index (χ2v) is 12.3. The fourth-order valence-electron chi connectivity index (χ4n) is 5.22. The normalized spacial score (nSPS) is 21.8. The number of carbonyl (C=O) groups is 1. The third-order valence-electron chi connectivity index (χ3n) is 6.89. The zero-order valence-electron chi connectivity index (χ0n) is 21.8. The van der Waals surface area contributed by atoms with E-state index in [0.29, 0.717) is 30.3 Å². The van der Waals surface area contributed by atoms with E-state index in [1.54, 1.807) is 18.3 Å². The summed E-state index contributed by atoms with van der Waals surface area (Å²) >= 11 is 0. The molecular formula is C25H31F4N5O4S. The Morgan fingerprint density at radius 2 is 1.97 bits per heavy atom. The number of halogens is 4. The summed E-state index contributed by atoms with van der Waals surface area (Å²) < 4.78 is 84.2. The topological polar surface area (TPSA) is 104 Å². The Kier molecular flexibility index (Phi) is 8.11. The number of pyridine rings is 1. The monoisotopic (exact) mass is 573 g/mol. The summed E-state index contributed by atoms with van der Waals surface area (Å²) in [4.78, 5) is 19.5. The second-order valence-electron chi connectivity index (χ2n) is 10.6. The van der Waals surface area contributed by atoms with Crippen LogP contribution >= 0.6 is 0 Å². The van der Waals surface area contributed by atoms with Crippen LogP contribution < -0.4 is 19.7 Å². The summed E-state index contributed by atoms with van der Waals surface area (Å²) in [5, 5.41) is 3.06. The maximum atomic E-state index is 13.7. The van der Waals surface area contributed by atoms with Crippen molar-refractivity contribution in [1.82, 2.24) is 19.3 Å². The lowest BCUT2D eigenvalue weighted by Crippen LogP contribution is -2.45. The highest BCUT2D eigenvalue weighted by Crippen LogP contribution is 2.37. The summed E-state index contributed by atoms with van der Waals surface area (Å²) in [7, 11) is -4.18. The minimum Gasteiger partial charge on any atom is -0.403 e. The second kappa shape index (κ2) is 10.9. The zero-order valence-corrected chi connectivity index (χ0v) is 22.6. The van der Waals surface area contributed by atoms with Crippen LogP contribution in [0.15, 0.2) is 36.5 Å². The third kappa shape index (κ3) is 6.97. The van der Waals surface area contributed by atoms with Crippen LogP contribution in [0, 0.1) is 11.7 Å². The Hall–Kier alpha value is -2.97. The molecule has 1 aromatic heterocycles. The van der Waals surface area contributed by atoms with Crippen LogP contribution in [-0.2, 0) is 16.8 Å². The number of hydrogen-bond acceptors (Lipinski definition) is 7. The van der Waals surface area contributed by atoms with Gasteiger partial charge in [-0.15, -0.1) is 13.2 Å². The number of hydrogen-bond donors (Lipinski definition) is 2. The largest absolute Gasteiger partial charge is 0.573 e. The molecule has 0 saturated carbocycles. The van der Waals surface area contributed by atoms with Gasteiger partial charge < -0.3 is 15.0 Å². The van der Waals surface area contributed by atoms with Crippen LogP contribution in [0.25, 0.3) is 0 Å². The average molecular weight is 574 g/mol. The van der Waals surface area contributed by atoms with Gasteiger partial charge in [0.1, 0.15) is 5.82 Å². The van der Waals surface area contributed by atoms with Crippen LogP contribution in [0.4, 0.5) is 23.4 Å². The van der Waals surface area contributed by atoms with Crippen LogP contribution in [-0.4, -0.2) is 61.2 Å². The minimum absolute atomic E-state index is 0.0340. The number of amides is 1. The molecule has 2 aromatic rings. The maximum absolute atomic E-state index is 13.7. The van der Waals surface area contributed by atoms with E-state index in [-0.39, 0.29) is 36.8 Å². The summed E-state index contributed by atoms with van der Waals surface area (Å²) in [6, 6.07) is 5.90. The van der Waals surface area contributed by atoms with E-state index in [9.17, 15) is 30.8 Å². The Labute approximate surface area is 224 Å². The number of carbonyl (C=O) groups excluding carboxylic acids is 1. The lowest BCUT2D eigenvalue weighted by atomic mass is 9.97. The molecule has 2 aliphatic heterocycles. The molecule has 2 N–H and O–H groups in total. The standard InChI is InChI=1S/C25H31F4N5O4S/c1-16-12-24(2,3)34(14-16)22-19(5-4-9-30-22)23(35)32-39(36,37)33-10-8-18(15-33)31-13-17-6-7-20(26)21(11-17)38-25(27,28)29/h4-7,9,11,16,18,31H,8,10,12-15H2,1-3H3,(H,32,35)/t16-,18+/m0/s1. The Balaban J connectivity index is 1.38. The van der Waals surface area contributed by atoms with E-state index in [4.69, 9.17) is 0 Å². The van der Waals surface area contributed by atoms with Crippen LogP contribution in [0.2, 0.25) is 0 Å². The number of aromatic nitrogens is 1. The van der Waals surface area contributed by atoms with E-state index in [0.717, 1.165) is 22.9 Å². The fourth-order valence-corrected chi connectivity index (χ4v) is 6.42. The van der Waals surface area contributed by atoms with Crippen LogP contribution in [0.1, 0.15) is 49.5 Å². The number of nitrogens with one attached hydrogen (secondary N) is 2. The van der Waals surface area contributed by atoms with Gasteiger partial charge in [0, 0.05) is 44.0 Å². The van der Waals surface area contributed by atoms with Gasteiger partial charge in [0.15, 0.2) is 11.6 Å². The van der Waals surface area contributed by atoms with Gasteiger partial charge in [-0.25, -0.2) is 14.1 Å². The number of ether oxygens (including phenoxy) is 1. The van der Waals surface area contributed by atoms with Gasteiger partial charge in [0.2, 0.25) is 0 Å². The quantitative estimate of drug-likeness (QED) is 0.466. The zero-order chi connectivity index (χ0) is 28.6. The number of benzene rings is 1. The van der Waals surface area contributed by atoms with Gasteiger partial charge in [-0.2, -0.15) is 12.7 Å². The number of rotatable bonds is 8. The van der Waals surface area contributed by atoms with Crippen molar-refractivity contribution in [3.63, 3.8) is 0 Å². The van der Waals surface area contributed by atoms with Crippen molar-refractivity contribution in [2.45, 2.75) is 58.1 Å². The van der Waals surface area contributed by atoms with Gasteiger partial charge in [-0.05, 0) is 62.4 Å². The lowest BCUT2D eigenvalue weighted by molar-refractivity contribution is -0.275. The van der Waals surface area contributed by atoms with E-state index in [1.165, 1.54) is 6.07 Å². The minimum atomic E-state index is -5.03. The first-order valence-electron chi connectivity index (χ1n) is 12.5. The highest BCUT2D eigenvalue weighted by molar-refractivity contribution is 7.87. The van der Waals surface area contributed by atoms with Gasteiger partial charge in [0.05, 0.1) is 5.56 Å². The number of nitrogens with zero attached hydrogens (tertiary/aromatic N) is 3. The lowest BCUT2D eigenvalue weighted by Gasteiger charge is -2.33. The summed E-state index contributed by atoms with van der Waals surface area (Å²) in [5.74, 6) is -2.07. The molecule has 214 valence electrons. The predicted octanol–water partition coefficient (Wildman–Crippen LogP) is 3.58. The first kappa shape index (κ1) is 29.0. The van der Waals surface area contributed by atoms with Crippen molar-refractivity contribution < 1.29 is 35.5 Å². The Morgan fingerprint density at radius 1 is 1.23 bits per heavy atom. The van der Waals surface area contributed by atoms with E-state index >= 15 is 0 Å². The van der Waals surface area contributed by atoms with Crippen molar-refractivity contribution >= 4 is 21.9 Å². The molecule has 0 spiro atoms. The average Bonchev–Trinajstić information content (AvgIpc) is 3.42. The molecule has 0 radical (unpaired) electrons. The smallest absolute Gasteiger partial charge is 0.403 e. The molecule has 0 unspecified atom stereocenters. The Morgan fingerprint density at radius 3 is 2.64 bits per heavy atom. The van der Waals surface area contributed by atoms with E-state index in [2.05, 4.69) is 40.5 Å². The summed E-state index contributed by atoms with van der Waals surface area (Å²) in [5.41, 5.74) is 0.235. The van der Waals surface area contributed by atoms with Gasteiger partial charge >= 0.3 is 16.6 Å². The van der Waals surface area contributed by atoms with E-state index < -0.39 is 34.0 Å². The van der Waals surface area contributed by atoms with Gasteiger partial charge in [0.25, 0.3) is 5.91 Å². The molecule has 3 heterocycles. The SMILES string of the molecule is C[C@@H]1CN(c2ncccc2C(=O)NS(=O)(=O)N2CC[C@@H](NCc3ccc(F)c(OC(F)(F)F)c3)C2)C(C)(C)C1. The van der Waals surface area contributed by atoms with Gasteiger partial charge in [-0.1, -0.05) is 13.0 Å². The van der Waals surface area contributed by atoms with Crippen LogP contribution in [0.5, 0.6) is 5.75 Å². The molecule has 1 aromatic carbocycles. The summed E-state index contributed by atoms with van der Waals surface area (Å²) in [6.07, 6.45) is -2.16. The molecule has 4 rings (SSSR count). The Bertz CT molecular complexity index is 1320. The van der Waals surface area contributed by atoms with Crippen molar-refractivity contribution in [3.8, 4) is 5.75 Å². The van der Waals surface area contributed by atoms with Gasteiger partial charge in [-0.3, -0.25) is 4.79 Å². The van der Waals surface area contributed by atoms with Crippen LogP contribution in [0.3, 0.4) is 0 Å². The molecule has 2 saturated heterocycles. The first-order valence-corrected chi connectivity index (χ1v) is 13.9. The van der Waals surface area contributed by atoms with Crippen molar-refractivity contribution in [3.05, 3.63) is 53.5 Å². The molecule has 0 bridgehead atoms. The number of anilines is 1. The molecule has 14 heteroatoms. The van der Waals surface area contributed by atoms with Crippen molar-refractivity contribution in [2.24, 2.45) is 5.92 Å². The third-order valence-corrected chi connectivity index (χ3v) is 8.34. The first-order chi connectivity index (χ1) is 18.1. The fraction of sp³-hybridized carbons (Fsp3) is 0.520. The molecule has 2 fully saturated rings. The van der Waals surface area contributed by atoms with Crippen molar-refractivity contribution in [1.29, 1.82) is 0 Å². The highest BCUT2D eigenvalue weighted by Gasteiger charge is 2.39. The maximum Gasteiger partial charge on any atom is 0.573 e. The predicted molar refractivity (Wildman–Crippen MR) is 136 cm³/mol. The summed E-state index contributed by atoms with van der Waals surface area (Å²) in [6.45, 7) is 7.12. The molecule has 2 atom stereocenters. The molecule has 0 aliphatic carbocycles. The molecular weight excluding hydrogens is 542 g/mol. The van der Waals surface area contributed by atoms with E-state index in [1.807, 2.05) is 4.90 Å². The molecule has 39 heavy (non-hydrogen) atoms. The molecule has 9 nitrogen and oxygen atoms in total. The molecule has 1 amide bonds. The number of alkyl halides is 3. The molecule has 2 aliphatic rings. The van der Waals surface area contributed by atoms with Crippen molar-refractivity contribution in [2.75, 3.05) is 24.5 Å². The highest BCUT2D eigenvalue weighted by atomic mass is 32.2.